The van der Waals surface area contributed by atoms with E-state index in [1.807, 2.05) is 31.3 Å². The molecule has 0 spiro atoms. The lowest BCUT2D eigenvalue weighted by atomic mass is 10.1. The van der Waals surface area contributed by atoms with Gasteiger partial charge in [-0.2, -0.15) is 4.98 Å². The smallest absolute Gasteiger partial charge is 0.221 e. The van der Waals surface area contributed by atoms with Crippen molar-refractivity contribution < 1.29 is 14.3 Å². The van der Waals surface area contributed by atoms with Crippen molar-refractivity contribution in [1.82, 2.24) is 10.4 Å². The highest BCUT2D eigenvalue weighted by molar-refractivity contribution is 5.53. The number of rotatable bonds is 6. The SMILES string of the molecule is CNc1cccc(C)c1COc1cccc(OC)n1.NNC=O. The van der Waals surface area contributed by atoms with Crippen molar-refractivity contribution in [3.8, 4) is 11.8 Å². The minimum Gasteiger partial charge on any atom is -0.481 e. The summed E-state index contributed by atoms with van der Waals surface area (Å²) >= 11 is 0. The van der Waals surface area contributed by atoms with E-state index in [-0.39, 0.29) is 0 Å². The summed E-state index contributed by atoms with van der Waals surface area (Å²) < 4.78 is 10.8. The van der Waals surface area contributed by atoms with Gasteiger partial charge in [0.2, 0.25) is 18.2 Å². The van der Waals surface area contributed by atoms with Gasteiger partial charge in [0.25, 0.3) is 0 Å². The fourth-order valence-electron chi connectivity index (χ4n) is 1.86. The Morgan fingerprint density at radius 1 is 1.22 bits per heavy atom. The number of hydrogen-bond donors (Lipinski definition) is 3. The Morgan fingerprint density at radius 2 is 1.87 bits per heavy atom. The standard InChI is InChI=1S/C15H18N2O2.CH4N2O/c1-11-6-4-7-13(16-2)12(11)10-19-15-9-5-8-14(17-15)18-3;2-3-1-4/h4-9,16H,10H2,1-3H3;1H,2H2,(H,3,4). The van der Waals surface area contributed by atoms with Gasteiger partial charge in [0.15, 0.2) is 0 Å². The van der Waals surface area contributed by atoms with Crippen LogP contribution in [-0.2, 0) is 11.4 Å². The number of carbonyl (C=O) groups excluding carboxylic acids is 1. The monoisotopic (exact) mass is 318 g/mol. The summed E-state index contributed by atoms with van der Waals surface area (Å²) in [5, 5.41) is 3.17. The minimum absolute atomic E-state index is 0.403. The number of methoxy groups -OCH3 is 1. The summed E-state index contributed by atoms with van der Waals surface area (Å²) in [6.45, 7) is 2.54. The number of hydrogen-bond acceptors (Lipinski definition) is 6. The van der Waals surface area contributed by atoms with Gasteiger partial charge in [-0.3, -0.25) is 10.2 Å². The van der Waals surface area contributed by atoms with Gasteiger partial charge >= 0.3 is 0 Å². The van der Waals surface area contributed by atoms with Gasteiger partial charge in [0.05, 0.1) is 7.11 Å². The van der Waals surface area contributed by atoms with Gasteiger partial charge in [-0.1, -0.05) is 18.2 Å². The maximum absolute atomic E-state index is 8.94. The lowest BCUT2D eigenvalue weighted by molar-refractivity contribution is -0.109. The molecule has 2 rings (SSSR count). The van der Waals surface area contributed by atoms with E-state index in [4.69, 9.17) is 14.3 Å². The number of ether oxygens (including phenoxy) is 2. The van der Waals surface area contributed by atoms with E-state index in [2.05, 4.69) is 29.1 Å². The van der Waals surface area contributed by atoms with E-state index in [9.17, 15) is 0 Å². The molecule has 7 heteroatoms. The number of aryl methyl sites for hydroxylation is 1. The highest BCUT2D eigenvalue weighted by Gasteiger charge is 2.06. The van der Waals surface area contributed by atoms with E-state index in [0.29, 0.717) is 24.8 Å². The Labute approximate surface area is 135 Å². The quantitative estimate of drug-likeness (QED) is 0.324. The number of nitrogens with one attached hydrogen (secondary N) is 2. The molecule has 0 aliphatic rings. The highest BCUT2D eigenvalue weighted by atomic mass is 16.5. The molecule has 1 aromatic carbocycles. The molecular weight excluding hydrogens is 296 g/mol. The summed E-state index contributed by atoms with van der Waals surface area (Å²) in [7, 11) is 3.49. The minimum atomic E-state index is 0.403. The Morgan fingerprint density at radius 3 is 2.48 bits per heavy atom. The molecule has 0 saturated carbocycles. The second kappa shape index (κ2) is 10.0. The first-order chi connectivity index (χ1) is 11.2. The molecule has 0 radical (unpaired) electrons. The van der Waals surface area contributed by atoms with Gasteiger partial charge in [0, 0.05) is 30.4 Å². The van der Waals surface area contributed by atoms with Crippen LogP contribution < -0.4 is 26.1 Å². The highest BCUT2D eigenvalue weighted by Crippen LogP contribution is 2.21. The van der Waals surface area contributed by atoms with Crippen molar-refractivity contribution in [2.24, 2.45) is 5.84 Å². The Hall–Kier alpha value is -2.80. The molecule has 124 valence electrons. The normalized spacial score (nSPS) is 9.22. The molecule has 23 heavy (non-hydrogen) atoms. The maximum atomic E-state index is 8.94. The van der Waals surface area contributed by atoms with Crippen LogP contribution >= 0.6 is 0 Å². The van der Waals surface area contributed by atoms with Crippen molar-refractivity contribution in [1.29, 1.82) is 0 Å². The molecule has 7 nitrogen and oxygen atoms in total. The number of amides is 1. The van der Waals surface area contributed by atoms with Crippen molar-refractivity contribution in [3.05, 3.63) is 47.5 Å². The first-order valence-electron chi connectivity index (χ1n) is 6.96. The summed E-state index contributed by atoms with van der Waals surface area (Å²) in [5.74, 6) is 5.52. The summed E-state index contributed by atoms with van der Waals surface area (Å²) in [6, 6.07) is 11.6. The van der Waals surface area contributed by atoms with Gasteiger partial charge in [-0.15, -0.1) is 0 Å². The summed E-state index contributed by atoms with van der Waals surface area (Å²) in [5.41, 5.74) is 5.15. The molecule has 1 aromatic heterocycles. The molecule has 1 heterocycles. The van der Waals surface area contributed by atoms with Gasteiger partial charge < -0.3 is 14.8 Å². The van der Waals surface area contributed by atoms with Crippen LogP contribution in [0.4, 0.5) is 5.69 Å². The van der Waals surface area contributed by atoms with Crippen molar-refractivity contribution in [2.75, 3.05) is 19.5 Å². The number of benzene rings is 1. The van der Waals surface area contributed by atoms with Crippen molar-refractivity contribution in [2.45, 2.75) is 13.5 Å². The summed E-state index contributed by atoms with van der Waals surface area (Å²) in [4.78, 5) is 13.2. The fourth-order valence-corrected chi connectivity index (χ4v) is 1.86. The maximum Gasteiger partial charge on any atom is 0.221 e. The number of anilines is 1. The number of pyridine rings is 1. The zero-order valence-corrected chi connectivity index (χ0v) is 13.5. The molecule has 0 fully saturated rings. The van der Waals surface area contributed by atoms with E-state index >= 15 is 0 Å². The second-order valence-electron chi connectivity index (χ2n) is 4.44. The Kier molecular flexibility index (Phi) is 7.95. The topological polar surface area (TPSA) is 98.5 Å². The summed E-state index contributed by atoms with van der Waals surface area (Å²) in [6.07, 6.45) is 0.403. The zero-order valence-electron chi connectivity index (χ0n) is 13.5. The first kappa shape index (κ1) is 18.2. The number of nitrogens with two attached hydrogens (primary N) is 1. The van der Waals surface area contributed by atoms with Crippen LogP contribution in [0.5, 0.6) is 11.8 Å². The molecule has 2 aromatic rings. The number of aromatic nitrogens is 1. The molecule has 0 bridgehead atoms. The molecule has 0 unspecified atom stereocenters. The van der Waals surface area contributed by atoms with Crippen LogP contribution in [0.1, 0.15) is 11.1 Å². The van der Waals surface area contributed by atoms with Crippen LogP contribution in [0.2, 0.25) is 0 Å². The molecule has 0 atom stereocenters. The molecule has 0 saturated heterocycles. The second-order valence-corrected chi connectivity index (χ2v) is 4.44. The van der Waals surface area contributed by atoms with Gasteiger partial charge in [0.1, 0.15) is 6.61 Å². The predicted octanol–water partition coefficient (Wildman–Crippen LogP) is 1.63. The van der Waals surface area contributed by atoms with Crippen LogP contribution in [0.25, 0.3) is 0 Å². The Bertz CT molecular complexity index is 620. The lowest BCUT2D eigenvalue weighted by Gasteiger charge is -2.13. The Balaban J connectivity index is 0.000000593. The third-order valence-electron chi connectivity index (χ3n) is 3.02. The van der Waals surface area contributed by atoms with E-state index in [1.165, 1.54) is 5.56 Å². The fraction of sp³-hybridized carbons (Fsp3) is 0.250. The molecule has 0 aliphatic heterocycles. The average molecular weight is 318 g/mol. The van der Waals surface area contributed by atoms with Crippen LogP contribution in [0, 0.1) is 6.92 Å². The third kappa shape index (κ3) is 5.84. The van der Waals surface area contributed by atoms with Crippen molar-refractivity contribution in [3.63, 3.8) is 0 Å². The molecule has 1 amide bonds. The van der Waals surface area contributed by atoms with Gasteiger partial charge in [-0.25, -0.2) is 5.84 Å². The zero-order chi connectivity index (χ0) is 17.1. The van der Waals surface area contributed by atoms with E-state index in [0.717, 1.165) is 11.3 Å². The van der Waals surface area contributed by atoms with Crippen LogP contribution in [0.3, 0.4) is 0 Å². The van der Waals surface area contributed by atoms with Gasteiger partial charge in [-0.05, 0) is 18.6 Å². The van der Waals surface area contributed by atoms with Crippen LogP contribution in [0.15, 0.2) is 36.4 Å². The number of carbonyl (C=O) groups is 1. The molecule has 0 aliphatic carbocycles. The largest absolute Gasteiger partial charge is 0.481 e. The average Bonchev–Trinajstić information content (AvgIpc) is 2.60. The lowest BCUT2D eigenvalue weighted by Crippen LogP contribution is -2.18. The number of nitrogens with zero attached hydrogens (tertiary/aromatic N) is 1. The molecule has 4 N–H and O–H groups in total. The van der Waals surface area contributed by atoms with Crippen LogP contribution in [-0.4, -0.2) is 25.6 Å². The first-order valence-corrected chi connectivity index (χ1v) is 6.96. The third-order valence-corrected chi connectivity index (χ3v) is 3.02. The van der Waals surface area contributed by atoms with E-state index < -0.39 is 0 Å². The number of hydrazine groups is 1. The van der Waals surface area contributed by atoms with Crippen molar-refractivity contribution >= 4 is 12.1 Å². The molecular formula is C16H22N4O3. The van der Waals surface area contributed by atoms with E-state index in [1.54, 1.807) is 18.6 Å². The predicted molar refractivity (Wildman–Crippen MR) is 89.2 cm³/mol.